The van der Waals surface area contributed by atoms with Gasteiger partial charge in [-0.3, -0.25) is 4.79 Å². The molecular weight excluding hydrogens is 344 g/mol. The summed E-state index contributed by atoms with van der Waals surface area (Å²) in [5.74, 6) is -4.78. The molecule has 1 aliphatic rings. The number of alkyl halides is 2. The summed E-state index contributed by atoms with van der Waals surface area (Å²) in [6, 6.07) is 4.03. The van der Waals surface area contributed by atoms with Gasteiger partial charge in [0.1, 0.15) is 0 Å². The zero-order chi connectivity index (χ0) is 17.7. The number of carbonyl (C=O) groups is 2. The largest absolute Gasteiger partial charge is 0.452 e. The van der Waals surface area contributed by atoms with Crippen LogP contribution in [0.3, 0.4) is 0 Å². The van der Waals surface area contributed by atoms with Crippen LogP contribution in [0, 0.1) is 0 Å². The van der Waals surface area contributed by atoms with E-state index in [0.29, 0.717) is 0 Å². The molecule has 0 radical (unpaired) electrons. The van der Waals surface area contributed by atoms with E-state index in [1.807, 2.05) is 0 Å². The fourth-order valence-corrected chi connectivity index (χ4v) is 3.16. The van der Waals surface area contributed by atoms with Crippen LogP contribution >= 0.6 is 0 Å². The van der Waals surface area contributed by atoms with Crippen molar-refractivity contribution in [1.82, 2.24) is 5.32 Å². The third kappa shape index (κ3) is 4.50. The third-order valence-corrected chi connectivity index (χ3v) is 5.11. The predicted molar refractivity (Wildman–Crippen MR) is 80.3 cm³/mol. The molecular formula is C15H17F2NO5S. The molecule has 1 saturated carbocycles. The number of rotatable bonds is 6. The lowest BCUT2D eigenvalue weighted by atomic mass is 10.2. The quantitative estimate of drug-likeness (QED) is 0.782. The Bertz CT molecular complexity index is 697. The van der Waals surface area contributed by atoms with Crippen molar-refractivity contribution in [3.8, 4) is 0 Å². The standard InChI is InChI=1S/C15H17F2NO5S/c16-15(17)24(21,22)12-7-5-10(6-8-12)14(20)23-9-13(19)18-11-3-1-2-4-11/h5-8,11,15H,1-4,9H2,(H,18,19). The third-order valence-electron chi connectivity index (χ3n) is 3.71. The summed E-state index contributed by atoms with van der Waals surface area (Å²) in [6.45, 7) is -0.452. The first-order valence-corrected chi connectivity index (χ1v) is 8.94. The monoisotopic (exact) mass is 361 g/mol. The molecule has 1 aromatic rings. The Morgan fingerprint density at radius 1 is 1.17 bits per heavy atom. The van der Waals surface area contributed by atoms with E-state index in [2.05, 4.69) is 5.32 Å². The van der Waals surface area contributed by atoms with Crippen molar-refractivity contribution in [3.63, 3.8) is 0 Å². The highest BCUT2D eigenvalue weighted by Crippen LogP contribution is 2.19. The summed E-state index contributed by atoms with van der Waals surface area (Å²) < 4.78 is 52.2. The lowest BCUT2D eigenvalue weighted by Crippen LogP contribution is -2.35. The molecule has 6 nitrogen and oxygen atoms in total. The van der Waals surface area contributed by atoms with E-state index in [9.17, 15) is 26.8 Å². The molecule has 0 aliphatic heterocycles. The number of benzene rings is 1. The van der Waals surface area contributed by atoms with Crippen molar-refractivity contribution in [2.24, 2.45) is 0 Å². The number of hydrogen-bond acceptors (Lipinski definition) is 5. The van der Waals surface area contributed by atoms with Crippen molar-refractivity contribution >= 4 is 21.7 Å². The zero-order valence-corrected chi connectivity index (χ0v) is 13.5. The number of amides is 1. The smallest absolute Gasteiger partial charge is 0.341 e. The molecule has 0 heterocycles. The lowest BCUT2D eigenvalue weighted by Gasteiger charge is -2.12. The summed E-state index contributed by atoms with van der Waals surface area (Å²) in [5.41, 5.74) is -0.0307. The van der Waals surface area contributed by atoms with Gasteiger partial charge in [-0.05, 0) is 37.1 Å². The van der Waals surface area contributed by atoms with Gasteiger partial charge in [-0.15, -0.1) is 0 Å². The molecule has 1 aliphatic carbocycles. The number of ether oxygens (including phenoxy) is 1. The van der Waals surface area contributed by atoms with Crippen molar-refractivity contribution < 1.29 is 31.5 Å². The summed E-state index contributed by atoms with van der Waals surface area (Å²) in [7, 11) is -4.71. The van der Waals surface area contributed by atoms with Gasteiger partial charge in [0.2, 0.25) is 9.84 Å². The van der Waals surface area contributed by atoms with E-state index in [-0.39, 0.29) is 11.6 Å². The zero-order valence-electron chi connectivity index (χ0n) is 12.7. The first-order valence-electron chi connectivity index (χ1n) is 7.39. The van der Waals surface area contributed by atoms with Gasteiger partial charge in [-0.25, -0.2) is 13.2 Å². The summed E-state index contributed by atoms with van der Waals surface area (Å²) in [6.07, 6.45) is 3.91. The van der Waals surface area contributed by atoms with Crippen LogP contribution < -0.4 is 5.32 Å². The maximum atomic E-state index is 12.4. The van der Waals surface area contributed by atoms with Gasteiger partial charge in [-0.2, -0.15) is 8.78 Å². The van der Waals surface area contributed by atoms with Gasteiger partial charge in [0.25, 0.3) is 5.91 Å². The van der Waals surface area contributed by atoms with Crippen LogP contribution in [0.25, 0.3) is 0 Å². The van der Waals surface area contributed by atoms with Gasteiger partial charge in [0, 0.05) is 6.04 Å². The first kappa shape index (κ1) is 18.3. The summed E-state index contributed by atoms with van der Waals surface area (Å²) in [5, 5.41) is 2.75. The Kier molecular flexibility index (Phi) is 5.87. The van der Waals surface area contributed by atoms with E-state index in [1.54, 1.807) is 0 Å². The predicted octanol–water partition coefficient (Wildman–Crippen LogP) is 1.90. The van der Waals surface area contributed by atoms with Crippen LogP contribution in [-0.2, 0) is 19.4 Å². The summed E-state index contributed by atoms with van der Waals surface area (Å²) >= 11 is 0. The molecule has 132 valence electrons. The highest BCUT2D eigenvalue weighted by Gasteiger charge is 2.26. The Labute approximate surface area is 138 Å². The van der Waals surface area contributed by atoms with Crippen LogP contribution in [0.4, 0.5) is 8.78 Å². The molecule has 0 saturated heterocycles. The fraction of sp³-hybridized carbons (Fsp3) is 0.467. The number of hydrogen-bond donors (Lipinski definition) is 1. The highest BCUT2D eigenvalue weighted by atomic mass is 32.2. The molecule has 1 N–H and O–H groups in total. The fourth-order valence-electron chi connectivity index (χ4n) is 2.44. The number of sulfone groups is 1. The van der Waals surface area contributed by atoms with E-state index >= 15 is 0 Å². The molecule has 1 amide bonds. The van der Waals surface area contributed by atoms with Crippen LogP contribution in [0.15, 0.2) is 29.2 Å². The Balaban J connectivity index is 1.89. The average molecular weight is 361 g/mol. The Hall–Kier alpha value is -2.03. The molecule has 24 heavy (non-hydrogen) atoms. The second-order valence-corrected chi connectivity index (χ2v) is 7.37. The number of esters is 1. The molecule has 2 rings (SSSR count). The second-order valence-electron chi connectivity index (χ2n) is 5.46. The number of halogens is 2. The van der Waals surface area contributed by atoms with Crippen molar-refractivity contribution in [2.45, 2.75) is 42.4 Å². The van der Waals surface area contributed by atoms with Gasteiger partial charge in [0.05, 0.1) is 10.5 Å². The molecule has 0 atom stereocenters. The maximum absolute atomic E-state index is 12.4. The molecule has 9 heteroatoms. The maximum Gasteiger partial charge on any atom is 0.341 e. The minimum atomic E-state index is -4.71. The first-order chi connectivity index (χ1) is 11.3. The van der Waals surface area contributed by atoms with E-state index in [1.165, 1.54) is 0 Å². The van der Waals surface area contributed by atoms with E-state index in [0.717, 1.165) is 49.9 Å². The Morgan fingerprint density at radius 3 is 2.29 bits per heavy atom. The van der Waals surface area contributed by atoms with E-state index < -0.39 is 39.0 Å². The Morgan fingerprint density at radius 2 is 1.75 bits per heavy atom. The molecule has 0 unspecified atom stereocenters. The normalized spacial score (nSPS) is 15.5. The van der Waals surface area contributed by atoms with Crippen molar-refractivity contribution in [3.05, 3.63) is 29.8 Å². The highest BCUT2D eigenvalue weighted by molar-refractivity contribution is 7.91. The van der Waals surface area contributed by atoms with Gasteiger partial charge >= 0.3 is 11.7 Å². The minimum Gasteiger partial charge on any atom is -0.452 e. The second kappa shape index (κ2) is 7.69. The van der Waals surface area contributed by atoms with Crippen LogP contribution in [0.5, 0.6) is 0 Å². The van der Waals surface area contributed by atoms with Crippen LogP contribution in [0.1, 0.15) is 36.0 Å². The van der Waals surface area contributed by atoms with Crippen LogP contribution in [-0.4, -0.2) is 38.7 Å². The minimum absolute atomic E-state index is 0.0307. The molecule has 1 fully saturated rings. The molecule has 0 aromatic heterocycles. The van der Waals surface area contributed by atoms with Crippen LogP contribution in [0.2, 0.25) is 0 Å². The van der Waals surface area contributed by atoms with Gasteiger partial charge < -0.3 is 10.1 Å². The molecule has 0 spiro atoms. The molecule has 0 bridgehead atoms. The van der Waals surface area contributed by atoms with Crippen molar-refractivity contribution in [2.75, 3.05) is 6.61 Å². The SMILES string of the molecule is O=C(COC(=O)c1ccc(S(=O)(=O)C(F)F)cc1)NC1CCCC1. The van der Waals surface area contributed by atoms with E-state index in [4.69, 9.17) is 4.74 Å². The van der Waals surface area contributed by atoms with Gasteiger partial charge in [0.15, 0.2) is 6.61 Å². The average Bonchev–Trinajstić information content (AvgIpc) is 3.05. The number of nitrogens with one attached hydrogen (secondary N) is 1. The summed E-state index contributed by atoms with van der Waals surface area (Å²) in [4.78, 5) is 22.8. The molecule has 1 aromatic carbocycles. The number of carbonyl (C=O) groups excluding carboxylic acids is 2. The lowest BCUT2D eigenvalue weighted by molar-refractivity contribution is -0.124. The topological polar surface area (TPSA) is 89.5 Å². The van der Waals surface area contributed by atoms with Crippen molar-refractivity contribution in [1.29, 1.82) is 0 Å². The van der Waals surface area contributed by atoms with Gasteiger partial charge in [-0.1, -0.05) is 12.8 Å².